The summed E-state index contributed by atoms with van der Waals surface area (Å²) < 4.78 is 11.6. The van der Waals surface area contributed by atoms with Gasteiger partial charge in [-0.3, -0.25) is 14.3 Å². The fraction of sp³-hybridized carbons (Fsp3) is 0.312. The van der Waals surface area contributed by atoms with Crippen LogP contribution in [0.3, 0.4) is 0 Å². The smallest absolute Gasteiger partial charge is 0.258 e. The topological polar surface area (TPSA) is 94.5 Å². The molecule has 0 fully saturated rings. The van der Waals surface area contributed by atoms with Gasteiger partial charge in [-0.15, -0.1) is 5.10 Å². The van der Waals surface area contributed by atoms with E-state index in [1.54, 1.807) is 14.2 Å². The summed E-state index contributed by atoms with van der Waals surface area (Å²) in [5.41, 5.74) is 1.22. The Hall–Kier alpha value is -3.03. The molecule has 0 spiro atoms. The van der Waals surface area contributed by atoms with Crippen LogP contribution in [-0.4, -0.2) is 42.4 Å². The molecule has 2 aromatic rings. The summed E-state index contributed by atoms with van der Waals surface area (Å²) in [7, 11) is 4.71. The monoisotopic (exact) mass is 332 g/mol. The van der Waals surface area contributed by atoms with Crippen molar-refractivity contribution < 1.29 is 19.1 Å². The van der Waals surface area contributed by atoms with E-state index in [4.69, 9.17) is 9.47 Å². The lowest BCUT2D eigenvalue weighted by atomic mass is 10.2. The molecule has 1 aromatic heterocycles. The molecule has 0 aliphatic rings. The van der Waals surface area contributed by atoms with Gasteiger partial charge in [0.25, 0.3) is 5.91 Å². The maximum absolute atomic E-state index is 12.0. The highest BCUT2D eigenvalue weighted by atomic mass is 16.5. The lowest BCUT2D eigenvalue weighted by molar-refractivity contribution is -0.120. The Morgan fingerprint density at radius 3 is 2.46 bits per heavy atom. The van der Waals surface area contributed by atoms with Gasteiger partial charge in [-0.05, 0) is 17.7 Å². The summed E-state index contributed by atoms with van der Waals surface area (Å²) in [5.74, 6) is 0.262. The fourth-order valence-electron chi connectivity index (χ4n) is 2.04. The second kappa shape index (κ2) is 8.00. The van der Waals surface area contributed by atoms with Crippen molar-refractivity contribution in [1.29, 1.82) is 0 Å². The van der Waals surface area contributed by atoms with Crippen molar-refractivity contribution in [3.05, 3.63) is 41.6 Å². The molecule has 0 atom stereocenters. The van der Waals surface area contributed by atoms with Crippen molar-refractivity contribution in [3.8, 4) is 11.6 Å². The molecule has 2 amide bonds. The molecule has 0 aliphatic heterocycles. The molecule has 24 heavy (non-hydrogen) atoms. The first-order chi connectivity index (χ1) is 11.5. The van der Waals surface area contributed by atoms with E-state index in [2.05, 4.69) is 15.7 Å². The zero-order valence-corrected chi connectivity index (χ0v) is 13.8. The minimum Gasteiger partial charge on any atom is -0.497 e. The quantitative estimate of drug-likeness (QED) is 0.769. The number of rotatable bonds is 7. The molecular formula is C16H20N4O4. The number of methoxy groups -OCH3 is 2. The SMILES string of the molecule is COc1ccc(CNC(=O)CNC(=O)c2cn(C)nc2OC)cc1. The third-order valence-electron chi connectivity index (χ3n) is 3.29. The third kappa shape index (κ3) is 4.48. The summed E-state index contributed by atoms with van der Waals surface area (Å²) in [4.78, 5) is 23.9. The summed E-state index contributed by atoms with van der Waals surface area (Å²) >= 11 is 0. The van der Waals surface area contributed by atoms with Crippen LogP contribution in [0.25, 0.3) is 0 Å². The van der Waals surface area contributed by atoms with Gasteiger partial charge in [0.15, 0.2) is 0 Å². The fourth-order valence-corrected chi connectivity index (χ4v) is 2.04. The largest absolute Gasteiger partial charge is 0.497 e. The zero-order chi connectivity index (χ0) is 17.5. The van der Waals surface area contributed by atoms with Crippen molar-refractivity contribution in [2.45, 2.75) is 6.54 Å². The van der Waals surface area contributed by atoms with Gasteiger partial charge < -0.3 is 20.1 Å². The molecule has 0 unspecified atom stereocenters. The van der Waals surface area contributed by atoms with Gasteiger partial charge in [0.2, 0.25) is 11.8 Å². The van der Waals surface area contributed by atoms with Crippen molar-refractivity contribution in [3.63, 3.8) is 0 Å². The van der Waals surface area contributed by atoms with Crippen LogP contribution in [0.1, 0.15) is 15.9 Å². The molecule has 1 heterocycles. The second-order valence-corrected chi connectivity index (χ2v) is 5.03. The maximum Gasteiger partial charge on any atom is 0.258 e. The van der Waals surface area contributed by atoms with E-state index in [0.717, 1.165) is 11.3 Å². The van der Waals surface area contributed by atoms with Gasteiger partial charge >= 0.3 is 0 Å². The lowest BCUT2D eigenvalue weighted by Crippen LogP contribution is -2.36. The van der Waals surface area contributed by atoms with Gasteiger partial charge in [0.05, 0.1) is 20.8 Å². The first-order valence-electron chi connectivity index (χ1n) is 7.29. The molecule has 0 radical (unpaired) electrons. The number of carbonyl (C=O) groups excluding carboxylic acids is 2. The van der Waals surface area contributed by atoms with Crippen LogP contribution in [-0.2, 0) is 18.4 Å². The number of amides is 2. The van der Waals surface area contributed by atoms with E-state index >= 15 is 0 Å². The molecular weight excluding hydrogens is 312 g/mol. The number of hydrogen-bond acceptors (Lipinski definition) is 5. The molecule has 2 rings (SSSR count). The van der Waals surface area contributed by atoms with Crippen LogP contribution >= 0.6 is 0 Å². The number of aryl methyl sites for hydroxylation is 1. The molecule has 8 heteroatoms. The summed E-state index contributed by atoms with van der Waals surface area (Å²) in [6.45, 7) is 0.238. The zero-order valence-electron chi connectivity index (χ0n) is 13.8. The lowest BCUT2D eigenvalue weighted by Gasteiger charge is -2.07. The third-order valence-corrected chi connectivity index (χ3v) is 3.29. The van der Waals surface area contributed by atoms with Crippen molar-refractivity contribution in [2.24, 2.45) is 7.05 Å². The summed E-state index contributed by atoms with van der Waals surface area (Å²) in [5, 5.41) is 9.26. The molecule has 0 saturated heterocycles. The van der Waals surface area contributed by atoms with Gasteiger partial charge in [-0.1, -0.05) is 12.1 Å². The number of nitrogens with zero attached hydrogens (tertiary/aromatic N) is 2. The Labute approximate surface area is 139 Å². The molecule has 0 saturated carbocycles. The Bertz CT molecular complexity index is 709. The van der Waals surface area contributed by atoms with E-state index in [-0.39, 0.29) is 23.9 Å². The Kier molecular flexibility index (Phi) is 5.78. The minimum atomic E-state index is -0.417. The van der Waals surface area contributed by atoms with Gasteiger partial charge in [-0.25, -0.2) is 0 Å². The summed E-state index contributed by atoms with van der Waals surface area (Å²) in [6, 6.07) is 7.35. The second-order valence-electron chi connectivity index (χ2n) is 5.03. The standard InChI is InChI=1S/C16H20N4O4/c1-20-10-13(16(19-20)24-3)15(22)18-9-14(21)17-8-11-4-6-12(23-2)7-5-11/h4-7,10H,8-9H2,1-3H3,(H,17,21)(H,18,22). The molecule has 8 nitrogen and oxygen atoms in total. The van der Waals surface area contributed by atoms with Gasteiger partial charge in [-0.2, -0.15) is 0 Å². The first-order valence-corrected chi connectivity index (χ1v) is 7.29. The van der Waals surface area contributed by atoms with E-state index in [9.17, 15) is 9.59 Å². The van der Waals surface area contributed by atoms with Gasteiger partial charge in [0, 0.05) is 19.8 Å². The predicted octanol–water partition coefficient (Wildman–Crippen LogP) is 0.484. The molecule has 128 valence electrons. The highest BCUT2D eigenvalue weighted by molar-refractivity contribution is 5.98. The van der Waals surface area contributed by atoms with Crippen molar-refractivity contribution in [1.82, 2.24) is 20.4 Å². The average molecular weight is 332 g/mol. The first kappa shape index (κ1) is 17.3. The normalized spacial score (nSPS) is 10.1. The van der Waals surface area contributed by atoms with Crippen LogP contribution in [0.2, 0.25) is 0 Å². The Morgan fingerprint density at radius 2 is 1.83 bits per heavy atom. The van der Waals surface area contributed by atoms with E-state index in [1.807, 2.05) is 24.3 Å². The highest BCUT2D eigenvalue weighted by Gasteiger charge is 2.16. The van der Waals surface area contributed by atoms with Crippen molar-refractivity contribution in [2.75, 3.05) is 20.8 Å². The minimum absolute atomic E-state index is 0.132. The average Bonchev–Trinajstić information content (AvgIpc) is 2.99. The number of hydrogen-bond donors (Lipinski definition) is 2. The number of carbonyl (C=O) groups is 2. The highest BCUT2D eigenvalue weighted by Crippen LogP contribution is 2.14. The van der Waals surface area contributed by atoms with Crippen LogP contribution in [0.15, 0.2) is 30.5 Å². The van der Waals surface area contributed by atoms with Crippen LogP contribution in [0.5, 0.6) is 11.6 Å². The van der Waals surface area contributed by atoms with Crippen molar-refractivity contribution >= 4 is 11.8 Å². The number of ether oxygens (including phenoxy) is 2. The number of nitrogens with one attached hydrogen (secondary N) is 2. The van der Waals surface area contributed by atoms with Crippen LogP contribution < -0.4 is 20.1 Å². The molecule has 0 bridgehead atoms. The van der Waals surface area contributed by atoms with Crippen LogP contribution in [0.4, 0.5) is 0 Å². The van der Waals surface area contributed by atoms with E-state index in [0.29, 0.717) is 6.54 Å². The van der Waals surface area contributed by atoms with E-state index < -0.39 is 5.91 Å². The molecule has 1 aromatic carbocycles. The van der Waals surface area contributed by atoms with E-state index in [1.165, 1.54) is 18.0 Å². The van der Waals surface area contributed by atoms with Gasteiger partial charge in [0.1, 0.15) is 11.3 Å². The summed E-state index contributed by atoms with van der Waals surface area (Å²) in [6.07, 6.45) is 1.53. The number of aromatic nitrogens is 2. The predicted molar refractivity (Wildman–Crippen MR) is 86.9 cm³/mol. The Morgan fingerprint density at radius 1 is 1.12 bits per heavy atom. The molecule has 2 N–H and O–H groups in total. The maximum atomic E-state index is 12.0. The number of benzene rings is 1. The Balaban J connectivity index is 1.80. The van der Waals surface area contributed by atoms with Crippen LogP contribution in [0, 0.1) is 0 Å². The molecule has 0 aliphatic carbocycles.